The average molecular weight is 433 g/mol. The molecule has 1 aromatic carbocycles. The third-order valence-electron chi connectivity index (χ3n) is 4.93. The number of nitrogens with zero attached hydrogens (tertiary/aromatic N) is 3. The molecule has 0 spiro atoms. The van der Waals surface area contributed by atoms with Crippen LogP contribution in [-0.4, -0.2) is 73.4 Å². The van der Waals surface area contributed by atoms with Crippen molar-refractivity contribution in [3.8, 4) is 0 Å². The number of nitrogens with one attached hydrogen (secondary N) is 1. The van der Waals surface area contributed by atoms with Crippen molar-refractivity contribution >= 4 is 28.8 Å². The molecule has 1 fully saturated rings. The van der Waals surface area contributed by atoms with Gasteiger partial charge in [-0.05, 0) is 46.9 Å². The number of oxazole rings is 1. The van der Waals surface area contributed by atoms with E-state index in [2.05, 4.69) is 27.1 Å². The average Bonchev–Trinajstić information content (AvgIpc) is 3.08. The molecule has 0 saturated carbocycles. The van der Waals surface area contributed by atoms with Gasteiger partial charge in [-0.1, -0.05) is 0 Å². The fraction of sp³-hybridized carbons (Fsp3) is 0.591. The lowest BCUT2D eigenvalue weighted by Crippen LogP contribution is -2.45. The van der Waals surface area contributed by atoms with Crippen molar-refractivity contribution in [3.63, 3.8) is 0 Å². The van der Waals surface area contributed by atoms with E-state index in [1.54, 1.807) is 27.7 Å². The molecule has 1 atom stereocenters. The van der Waals surface area contributed by atoms with Crippen molar-refractivity contribution in [1.82, 2.24) is 15.2 Å². The second-order valence-electron chi connectivity index (χ2n) is 8.70. The zero-order valence-corrected chi connectivity index (χ0v) is 18.9. The second-order valence-corrected chi connectivity index (χ2v) is 8.70. The summed E-state index contributed by atoms with van der Waals surface area (Å²) in [7, 11) is 2.12. The van der Waals surface area contributed by atoms with Crippen molar-refractivity contribution in [2.24, 2.45) is 0 Å². The maximum Gasteiger partial charge on any atom is 0.408 e. The van der Waals surface area contributed by atoms with E-state index in [0.717, 1.165) is 31.9 Å². The van der Waals surface area contributed by atoms with E-state index in [1.165, 1.54) is 0 Å². The molecular weight excluding hydrogens is 400 g/mol. The molecule has 1 aliphatic rings. The number of carbonyl (C=O) groups excluding carboxylic acids is 2. The van der Waals surface area contributed by atoms with E-state index in [1.807, 2.05) is 18.2 Å². The number of rotatable bonds is 6. The molecule has 3 rings (SSSR count). The first kappa shape index (κ1) is 22.9. The van der Waals surface area contributed by atoms with Crippen LogP contribution in [0.25, 0.3) is 11.1 Å². The van der Waals surface area contributed by atoms with Crippen LogP contribution in [0.2, 0.25) is 0 Å². The van der Waals surface area contributed by atoms with Crippen molar-refractivity contribution in [2.45, 2.75) is 45.8 Å². The Morgan fingerprint density at radius 2 is 1.94 bits per heavy atom. The largest absolute Gasteiger partial charge is 0.464 e. The molecule has 1 aliphatic heterocycles. The summed E-state index contributed by atoms with van der Waals surface area (Å²) in [5.41, 5.74) is 1.75. The first-order valence-electron chi connectivity index (χ1n) is 10.6. The second kappa shape index (κ2) is 9.55. The van der Waals surface area contributed by atoms with E-state index in [-0.39, 0.29) is 13.0 Å². The van der Waals surface area contributed by atoms with Crippen LogP contribution in [0.15, 0.2) is 22.6 Å². The number of hydrogen-bond acceptors (Lipinski definition) is 8. The fourth-order valence-corrected chi connectivity index (χ4v) is 3.37. The minimum Gasteiger partial charge on any atom is -0.464 e. The molecule has 0 bridgehead atoms. The minimum atomic E-state index is -0.958. The third kappa shape index (κ3) is 6.33. The third-order valence-corrected chi connectivity index (χ3v) is 4.93. The van der Waals surface area contributed by atoms with E-state index < -0.39 is 23.7 Å². The first-order valence-corrected chi connectivity index (χ1v) is 10.6. The van der Waals surface area contributed by atoms with Gasteiger partial charge < -0.3 is 29.0 Å². The zero-order valence-electron chi connectivity index (χ0n) is 18.9. The molecule has 31 heavy (non-hydrogen) atoms. The lowest BCUT2D eigenvalue weighted by atomic mass is 10.2. The van der Waals surface area contributed by atoms with E-state index >= 15 is 0 Å². The summed E-state index contributed by atoms with van der Waals surface area (Å²) >= 11 is 0. The topological polar surface area (TPSA) is 97.1 Å². The Morgan fingerprint density at radius 1 is 1.23 bits per heavy atom. The Labute approximate surface area is 182 Å². The van der Waals surface area contributed by atoms with Crippen molar-refractivity contribution in [2.75, 3.05) is 44.7 Å². The summed E-state index contributed by atoms with van der Waals surface area (Å²) in [5.74, 6) is -0.214. The number of likely N-dealkylation sites (N-methyl/N-ethyl adjacent to an activating group) is 1. The van der Waals surface area contributed by atoms with Gasteiger partial charge in [0.25, 0.3) is 0 Å². The quantitative estimate of drug-likeness (QED) is 0.696. The molecule has 1 N–H and O–H groups in total. The smallest absolute Gasteiger partial charge is 0.408 e. The number of benzene rings is 1. The Hall–Kier alpha value is -2.81. The molecular formula is C22H32N4O5. The van der Waals surface area contributed by atoms with Crippen LogP contribution >= 0.6 is 0 Å². The van der Waals surface area contributed by atoms with Gasteiger partial charge in [-0.25, -0.2) is 14.6 Å². The number of piperazine rings is 1. The molecule has 9 nitrogen and oxygen atoms in total. The van der Waals surface area contributed by atoms with Crippen molar-refractivity contribution < 1.29 is 23.5 Å². The highest BCUT2D eigenvalue weighted by molar-refractivity contribution is 5.82. The molecule has 0 radical (unpaired) electrons. The van der Waals surface area contributed by atoms with Crippen LogP contribution in [0, 0.1) is 0 Å². The SMILES string of the molecule is CCOC(=O)[C@H](Cc1nc2ccc(N3CCN(C)CC3)cc2o1)NC(=O)OC(C)(C)C. The summed E-state index contributed by atoms with van der Waals surface area (Å²) in [6.45, 7) is 11.1. The Balaban J connectivity index is 1.74. The van der Waals surface area contributed by atoms with Gasteiger partial charge in [-0.15, -0.1) is 0 Å². The number of carbonyl (C=O) groups is 2. The van der Waals surface area contributed by atoms with Gasteiger partial charge >= 0.3 is 12.1 Å². The van der Waals surface area contributed by atoms with Gasteiger partial charge in [0.1, 0.15) is 17.2 Å². The summed E-state index contributed by atoms with van der Waals surface area (Å²) < 4.78 is 16.3. The maximum atomic E-state index is 12.4. The summed E-state index contributed by atoms with van der Waals surface area (Å²) in [5, 5.41) is 2.57. The van der Waals surface area contributed by atoms with Crippen LogP contribution in [0.3, 0.4) is 0 Å². The number of ether oxygens (including phenoxy) is 2. The summed E-state index contributed by atoms with van der Waals surface area (Å²) in [6.07, 6.45) is -0.629. The number of amides is 1. The van der Waals surface area contributed by atoms with E-state index in [0.29, 0.717) is 17.0 Å². The minimum absolute atomic E-state index is 0.0661. The van der Waals surface area contributed by atoms with E-state index in [9.17, 15) is 9.59 Å². The maximum absolute atomic E-state index is 12.4. The highest BCUT2D eigenvalue weighted by Gasteiger charge is 2.27. The summed E-state index contributed by atoms with van der Waals surface area (Å²) in [6, 6.07) is 4.95. The number of fused-ring (bicyclic) bond motifs is 1. The number of anilines is 1. The molecule has 170 valence electrons. The highest BCUT2D eigenvalue weighted by atomic mass is 16.6. The number of esters is 1. The summed E-state index contributed by atoms with van der Waals surface area (Å²) in [4.78, 5) is 33.7. The highest BCUT2D eigenvalue weighted by Crippen LogP contribution is 2.24. The molecule has 0 unspecified atom stereocenters. The predicted octanol–water partition coefficient (Wildman–Crippen LogP) is 2.58. The number of alkyl carbamates (subject to hydrolysis) is 1. The fourth-order valence-electron chi connectivity index (χ4n) is 3.37. The van der Waals surface area contributed by atoms with Gasteiger partial charge in [0, 0.05) is 37.9 Å². The van der Waals surface area contributed by atoms with Gasteiger partial charge in [-0.2, -0.15) is 0 Å². The van der Waals surface area contributed by atoms with E-state index in [4.69, 9.17) is 13.9 Å². The zero-order chi connectivity index (χ0) is 22.6. The van der Waals surface area contributed by atoms with Crippen LogP contribution in [0.5, 0.6) is 0 Å². The molecule has 1 saturated heterocycles. The Morgan fingerprint density at radius 3 is 2.58 bits per heavy atom. The monoisotopic (exact) mass is 432 g/mol. The standard InChI is InChI=1S/C22H32N4O5/c1-6-29-20(27)17(24-21(28)31-22(2,3)4)14-19-23-16-8-7-15(13-18(16)30-19)26-11-9-25(5)10-12-26/h7-8,13,17H,6,9-12,14H2,1-5H3,(H,24,28)/t17-/m0/s1. The van der Waals surface area contributed by atoms with Gasteiger partial charge in [-0.3, -0.25) is 0 Å². The van der Waals surface area contributed by atoms with Gasteiger partial charge in [0.2, 0.25) is 0 Å². The molecule has 1 amide bonds. The molecule has 2 heterocycles. The normalized spacial score (nSPS) is 16.2. The van der Waals surface area contributed by atoms with Crippen LogP contribution < -0.4 is 10.2 Å². The first-order chi connectivity index (χ1) is 14.6. The predicted molar refractivity (Wildman–Crippen MR) is 117 cm³/mol. The van der Waals surface area contributed by atoms with Gasteiger partial charge in [0.05, 0.1) is 13.0 Å². The lowest BCUT2D eigenvalue weighted by Gasteiger charge is -2.33. The van der Waals surface area contributed by atoms with Crippen molar-refractivity contribution in [1.29, 1.82) is 0 Å². The number of aromatic nitrogens is 1. The van der Waals surface area contributed by atoms with Crippen molar-refractivity contribution in [3.05, 3.63) is 24.1 Å². The molecule has 9 heteroatoms. The van der Waals surface area contributed by atoms with Crippen LogP contribution in [0.1, 0.15) is 33.6 Å². The Kier molecular flexibility index (Phi) is 7.04. The molecule has 0 aliphatic carbocycles. The van der Waals surface area contributed by atoms with Gasteiger partial charge in [0.15, 0.2) is 11.5 Å². The van der Waals surface area contributed by atoms with Crippen LogP contribution in [-0.2, 0) is 20.7 Å². The molecule has 1 aromatic heterocycles. The Bertz CT molecular complexity index is 912. The molecule has 2 aromatic rings. The van der Waals surface area contributed by atoms with Crippen LogP contribution in [0.4, 0.5) is 10.5 Å². The number of hydrogen-bond donors (Lipinski definition) is 1. The lowest BCUT2D eigenvalue weighted by molar-refractivity contribution is -0.145.